The summed E-state index contributed by atoms with van der Waals surface area (Å²) in [5.74, 6) is 0.165. The van der Waals surface area contributed by atoms with Gasteiger partial charge in [0.15, 0.2) is 0 Å². The van der Waals surface area contributed by atoms with Crippen LogP contribution in [-0.4, -0.2) is 48.4 Å². The summed E-state index contributed by atoms with van der Waals surface area (Å²) in [5.41, 5.74) is 3.23. The number of aryl methyl sites for hydroxylation is 2. The zero-order valence-corrected chi connectivity index (χ0v) is 11.7. The highest BCUT2D eigenvalue weighted by Crippen LogP contribution is 2.16. The first kappa shape index (κ1) is 13.1. The number of amides is 1. The number of hydrogen-bond donors (Lipinski definition) is 0. The molecule has 0 radical (unpaired) electrons. The van der Waals surface area contributed by atoms with Crippen LogP contribution < -0.4 is 0 Å². The van der Waals surface area contributed by atoms with E-state index in [1.54, 1.807) is 0 Å². The van der Waals surface area contributed by atoms with Crippen molar-refractivity contribution in [3.05, 3.63) is 34.9 Å². The second kappa shape index (κ2) is 5.11. The standard InChI is InChI=1S/C15H22N2O/c1-11-5-6-14(9-12(11)2)15(18)17-8-7-16(4)10-13(17)3/h5-6,9,13H,7-8,10H2,1-4H3. The molecule has 1 atom stereocenters. The summed E-state index contributed by atoms with van der Waals surface area (Å²) in [4.78, 5) is 16.8. The Morgan fingerprint density at radius 3 is 2.56 bits per heavy atom. The van der Waals surface area contributed by atoms with Gasteiger partial charge < -0.3 is 9.80 Å². The van der Waals surface area contributed by atoms with E-state index < -0.39 is 0 Å². The van der Waals surface area contributed by atoms with Crippen LogP contribution in [-0.2, 0) is 0 Å². The fraction of sp³-hybridized carbons (Fsp3) is 0.533. The van der Waals surface area contributed by atoms with Crippen molar-refractivity contribution in [2.24, 2.45) is 0 Å². The molecule has 3 nitrogen and oxygen atoms in total. The van der Waals surface area contributed by atoms with Gasteiger partial charge >= 0.3 is 0 Å². The fourth-order valence-electron chi connectivity index (χ4n) is 2.48. The zero-order valence-electron chi connectivity index (χ0n) is 11.7. The molecule has 98 valence electrons. The van der Waals surface area contributed by atoms with E-state index >= 15 is 0 Å². The third-order valence-corrected chi connectivity index (χ3v) is 3.85. The molecule has 18 heavy (non-hydrogen) atoms. The third-order valence-electron chi connectivity index (χ3n) is 3.85. The Labute approximate surface area is 109 Å². The summed E-state index contributed by atoms with van der Waals surface area (Å²) < 4.78 is 0. The highest BCUT2D eigenvalue weighted by molar-refractivity contribution is 5.94. The number of rotatable bonds is 1. The van der Waals surface area contributed by atoms with Crippen molar-refractivity contribution in [2.75, 3.05) is 26.7 Å². The number of likely N-dealkylation sites (N-methyl/N-ethyl adjacent to an activating group) is 1. The van der Waals surface area contributed by atoms with Crippen LogP contribution in [0.2, 0.25) is 0 Å². The van der Waals surface area contributed by atoms with Crippen LogP contribution in [0.5, 0.6) is 0 Å². The minimum atomic E-state index is 0.165. The summed E-state index contributed by atoms with van der Waals surface area (Å²) in [5, 5.41) is 0. The Morgan fingerprint density at radius 2 is 1.94 bits per heavy atom. The molecule has 0 N–H and O–H groups in total. The van der Waals surface area contributed by atoms with Gasteiger partial charge in [0, 0.05) is 31.2 Å². The maximum Gasteiger partial charge on any atom is 0.254 e. The topological polar surface area (TPSA) is 23.6 Å². The zero-order chi connectivity index (χ0) is 13.3. The number of nitrogens with zero attached hydrogens (tertiary/aromatic N) is 2. The Morgan fingerprint density at radius 1 is 1.22 bits per heavy atom. The quantitative estimate of drug-likeness (QED) is 0.757. The lowest BCUT2D eigenvalue weighted by molar-refractivity contribution is 0.0533. The molecule has 0 aliphatic carbocycles. The summed E-state index contributed by atoms with van der Waals surface area (Å²) in [6, 6.07) is 6.26. The second-order valence-corrected chi connectivity index (χ2v) is 5.41. The van der Waals surface area contributed by atoms with Crippen molar-refractivity contribution >= 4 is 5.91 Å². The molecule has 0 aromatic heterocycles. The summed E-state index contributed by atoms with van der Waals surface area (Å²) in [6.45, 7) is 8.98. The maximum absolute atomic E-state index is 12.5. The SMILES string of the molecule is Cc1ccc(C(=O)N2CCN(C)CC2C)cc1C. The van der Waals surface area contributed by atoms with E-state index in [1.807, 2.05) is 23.1 Å². The molecular formula is C15H22N2O. The molecule has 1 unspecified atom stereocenters. The van der Waals surface area contributed by atoms with Gasteiger partial charge in [-0.25, -0.2) is 0 Å². The Bertz CT molecular complexity index is 456. The van der Waals surface area contributed by atoms with Gasteiger partial charge in [-0.2, -0.15) is 0 Å². The number of carbonyl (C=O) groups is 1. The fourth-order valence-corrected chi connectivity index (χ4v) is 2.48. The van der Waals surface area contributed by atoms with Crippen LogP contribution in [0.25, 0.3) is 0 Å². The van der Waals surface area contributed by atoms with Crippen LogP contribution >= 0.6 is 0 Å². The maximum atomic E-state index is 12.5. The van der Waals surface area contributed by atoms with E-state index in [-0.39, 0.29) is 11.9 Å². The Kier molecular flexibility index (Phi) is 3.71. The van der Waals surface area contributed by atoms with Gasteiger partial charge in [0.25, 0.3) is 5.91 Å². The van der Waals surface area contributed by atoms with E-state index in [0.717, 1.165) is 25.2 Å². The molecule has 1 aliphatic heterocycles. The van der Waals surface area contributed by atoms with E-state index in [9.17, 15) is 4.79 Å². The summed E-state index contributed by atoms with van der Waals surface area (Å²) in [6.07, 6.45) is 0. The van der Waals surface area contributed by atoms with Gasteiger partial charge in [-0.3, -0.25) is 4.79 Å². The summed E-state index contributed by atoms with van der Waals surface area (Å²) in [7, 11) is 2.11. The molecule has 1 aromatic rings. The van der Waals surface area contributed by atoms with Gasteiger partial charge in [0.05, 0.1) is 0 Å². The second-order valence-electron chi connectivity index (χ2n) is 5.41. The average Bonchev–Trinajstić information content (AvgIpc) is 2.32. The number of benzene rings is 1. The highest BCUT2D eigenvalue weighted by Gasteiger charge is 2.26. The van der Waals surface area contributed by atoms with Crippen molar-refractivity contribution in [1.82, 2.24) is 9.80 Å². The van der Waals surface area contributed by atoms with Crippen molar-refractivity contribution in [2.45, 2.75) is 26.8 Å². The van der Waals surface area contributed by atoms with Gasteiger partial charge in [0.1, 0.15) is 0 Å². The van der Waals surface area contributed by atoms with Crippen molar-refractivity contribution in [1.29, 1.82) is 0 Å². The minimum Gasteiger partial charge on any atom is -0.333 e. The lowest BCUT2D eigenvalue weighted by atomic mass is 10.0. The molecule has 1 aromatic carbocycles. The highest BCUT2D eigenvalue weighted by atomic mass is 16.2. The first-order valence-electron chi connectivity index (χ1n) is 6.56. The van der Waals surface area contributed by atoms with E-state index in [0.29, 0.717) is 0 Å². The Balaban J connectivity index is 2.18. The molecule has 2 rings (SSSR count). The first-order valence-corrected chi connectivity index (χ1v) is 6.56. The van der Waals surface area contributed by atoms with Crippen molar-refractivity contribution < 1.29 is 4.79 Å². The summed E-state index contributed by atoms with van der Waals surface area (Å²) >= 11 is 0. The van der Waals surface area contributed by atoms with Crippen LogP contribution in [0.4, 0.5) is 0 Å². The predicted octanol–water partition coefficient (Wildman–Crippen LogP) is 2.08. The molecule has 1 heterocycles. The lowest BCUT2D eigenvalue weighted by Gasteiger charge is -2.38. The molecule has 1 saturated heterocycles. The molecule has 1 fully saturated rings. The molecule has 1 aliphatic rings. The van der Waals surface area contributed by atoms with Gasteiger partial charge in [-0.15, -0.1) is 0 Å². The predicted molar refractivity (Wildman–Crippen MR) is 73.9 cm³/mol. The van der Waals surface area contributed by atoms with E-state index in [1.165, 1.54) is 11.1 Å². The van der Waals surface area contributed by atoms with Gasteiger partial charge in [0.2, 0.25) is 0 Å². The van der Waals surface area contributed by atoms with Crippen LogP contribution in [0, 0.1) is 13.8 Å². The smallest absolute Gasteiger partial charge is 0.254 e. The monoisotopic (exact) mass is 246 g/mol. The molecular weight excluding hydrogens is 224 g/mol. The molecule has 1 amide bonds. The lowest BCUT2D eigenvalue weighted by Crippen LogP contribution is -2.52. The van der Waals surface area contributed by atoms with Gasteiger partial charge in [-0.1, -0.05) is 6.07 Å². The van der Waals surface area contributed by atoms with Crippen LogP contribution in [0.1, 0.15) is 28.4 Å². The van der Waals surface area contributed by atoms with Crippen LogP contribution in [0.3, 0.4) is 0 Å². The Hall–Kier alpha value is -1.35. The number of carbonyl (C=O) groups excluding carboxylic acids is 1. The number of hydrogen-bond acceptors (Lipinski definition) is 2. The normalized spacial score (nSPS) is 21.1. The largest absolute Gasteiger partial charge is 0.333 e. The molecule has 0 saturated carbocycles. The molecule has 3 heteroatoms. The third kappa shape index (κ3) is 2.56. The van der Waals surface area contributed by atoms with Crippen LogP contribution in [0.15, 0.2) is 18.2 Å². The average molecular weight is 246 g/mol. The first-order chi connectivity index (χ1) is 8.49. The molecule has 0 bridgehead atoms. The number of piperazine rings is 1. The van der Waals surface area contributed by atoms with E-state index in [2.05, 4.69) is 32.7 Å². The van der Waals surface area contributed by atoms with Crippen molar-refractivity contribution in [3.8, 4) is 0 Å². The van der Waals surface area contributed by atoms with Crippen molar-refractivity contribution in [3.63, 3.8) is 0 Å². The molecule has 0 spiro atoms. The van der Waals surface area contributed by atoms with E-state index in [4.69, 9.17) is 0 Å². The van der Waals surface area contributed by atoms with Gasteiger partial charge in [-0.05, 0) is 51.1 Å². The minimum absolute atomic E-state index is 0.165.